The molecule has 2 saturated carbocycles. The van der Waals surface area contributed by atoms with Gasteiger partial charge in [-0.05, 0) is 62.6 Å². The summed E-state index contributed by atoms with van der Waals surface area (Å²) in [7, 11) is 0. The lowest BCUT2D eigenvalue weighted by Crippen LogP contribution is -2.43. The molecule has 5 heteroatoms. The normalized spacial score (nSPS) is 28.9. The van der Waals surface area contributed by atoms with E-state index < -0.39 is 0 Å². The maximum atomic E-state index is 12.6. The third-order valence-electron chi connectivity index (χ3n) is 6.16. The van der Waals surface area contributed by atoms with Crippen molar-refractivity contribution >= 4 is 17.5 Å². The lowest BCUT2D eigenvalue weighted by atomic mass is 9.85. The number of hydrogen-bond donors (Lipinski definition) is 3. The van der Waals surface area contributed by atoms with E-state index >= 15 is 0 Å². The maximum Gasteiger partial charge on any atom is 0.237 e. The molecule has 3 fully saturated rings. The van der Waals surface area contributed by atoms with Crippen LogP contribution < -0.4 is 16.0 Å². The Bertz CT molecular complexity index is 654. The van der Waals surface area contributed by atoms with Gasteiger partial charge >= 0.3 is 0 Å². The number of fused-ring (bicyclic) bond motifs is 1. The second-order valence-electron chi connectivity index (χ2n) is 8.22. The number of carbonyl (C=O) groups is 2. The number of hydrogen-bond acceptors (Lipinski definition) is 3. The van der Waals surface area contributed by atoms with Crippen molar-refractivity contribution in [2.24, 2.45) is 11.8 Å². The second kappa shape index (κ2) is 7.39. The van der Waals surface area contributed by atoms with Crippen LogP contribution in [-0.4, -0.2) is 23.9 Å². The van der Waals surface area contributed by atoms with Crippen molar-refractivity contribution in [3.05, 3.63) is 29.8 Å². The largest absolute Gasteiger partial charge is 0.348 e. The van der Waals surface area contributed by atoms with Gasteiger partial charge in [-0.2, -0.15) is 0 Å². The van der Waals surface area contributed by atoms with Crippen molar-refractivity contribution in [1.82, 2.24) is 10.6 Å². The summed E-state index contributed by atoms with van der Waals surface area (Å²) in [5.41, 5.74) is 1.88. The maximum absolute atomic E-state index is 12.6. The topological polar surface area (TPSA) is 70.2 Å². The Hall–Kier alpha value is -1.88. The minimum atomic E-state index is -0.0531. The minimum Gasteiger partial charge on any atom is -0.348 e. The molecule has 0 radical (unpaired) electrons. The molecule has 1 heterocycles. The molecule has 140 valence electrons. The van der Waals surface area contributed by atoms with Gasteiger partial charge < -0.3 is 16.0 Å². The first kappa shape index (κ1) is 17.5. The summed E-state index contributed by atoms with van der Waals surface area (Å²) in [6.07, 6.45) is 8.02. The molecule has 4 atom stereocenters. The fourth-order valence-corrected chi connectivity index (χ4v) is 4.36. The molecule has 1 saturated heterocycles. The lowest BCUT2D eigenvalue weighted by Gasteiger charge is -2.24. The predicted molar refractivity (Wildman–Crippen MR) is 102 cm³/mol. The van der Waals surface area contributed by atoms with E-state index in [1.165, 1.54) is 25.7 Å². The predicted octanol–water partition coefficient (Wildman–Crippen LogP) is 3.13. The third kappa shape index (κ3) is 3.93. The SMILES string of the molecule is CC(NC(=O)C1CC2CCCCC2N1)c1ccc(NC(=O)C2CC2)cc1. The van der Waals surface area contributed by atoms with E-state index in [9.17, 15) is 9.59 Å². The smallest absolute Gasteiger partial charge is 0.237 e. The molecule has 1 aromatic rings. The number of benzene rings is 1. The van der Waals surface area contributed by atoms with Gasteiger partial charge in [0.1, 0.15) is 0 Å². The summed E-state index contributed by atoms with van der Waals surface area (Å²) in [5, 5.41) is 9.63. The molecule has 1 aromatic carbocycles. The Morgan fingerprint density at radius 2 is 1.77 bits per heavy atom. The van der Waals surface area contributed by atoms with Crippen molar-refractivity contribution in [3.63, 3.8) is 0 Å². The van der Waals surface area contributed by atoms with Gasteiger partial charge in [0, 0.05) is 17.6 Å². The minimum absolute atomic E-state index is 0.0416. The standard InChI is InChI=1S/C21H29N3O2/c1-13(14-8-10-17(11-9-14)23-20(25)15-6-7-15)22-21(26)19-12-16-4-2-3-5-18(16)24-19/h8-11,13,15-16,18-19,24H,2-7,12H2,1H3,(H,22,26)(H,23,25). The van der Waals surface area contributed by atoms with Gasteiger partial charge in [-0.1, -0.05) is 25.0 Å². The Balaban J connectivity index is 1.30. The molecular formula is C21H29N3O2. The molecule has 3 N–H and O–H groups in total. The number of amides is 2. The molecule has 5 nitrogen and oxygen atoms in total. The third-order valence-corrected chi connectivity index (χ3v) is 6.16. The van der Waals surface area contributed by atoms with Crippen LogP contribution in [-0.2, 0) is 9.59 Å². The molecule has 3 aliphatic rings. The number of rotatable bonds is 5. The average molecular weight is 355 g/mol. The van der Waals surface area contributed by atoms with E-state index in [4.69, 9.17) is 0 Å². The van der Waals surface area contributed by atoms with Crippen LogP contribution in [0.25, 0.3) is 0 Å². The first-order valence-corrected chi connectivity index (χ1v) is 10.1. The van der Waals surface area contributed by atoms with Gasteiger partial charge in [0.05, 0.1) is 12.1 Å². The number of carbonyl (C=O) groups excluding carboxylic acids is 2. The molecule has 1 aliphatic heterocycles. The van der Waals surface area contributed by atoms with Gasteiger partial charge in [0.25, 0.3) is 0 Å². The van der Waals surface area contributed by atoms with E-state index in [1.807, 2.05) is 31.2 Å². The van der Waals surface area contributed by atoms with Crippen molar-refractivity contribution in [2.75, 3.05) is 5.32 Å². The summed E-state index contributed by atoms with van der Waals surface area (Å²) < 4.78 is 0. The molecule has 0 spiro atoms. The molecule has 4 unspecified atom stereocenters. The molecular weight excluding hydrogens is 326 g/mol. The van der Waals surface area contributed by atoms with Gasteiger partial charge in [-0.25, -0.2) is 0 Å². The molecule has 0 bridgehead atoms. The van der Waals surface area contributed by atoms with Crippen LogP contribution >= 0.6 is 0 Å². The Labute approximate surface area is 155 Å². The van der Waals surface area contributed by atoms with E-state index in [1.54, 1.807) is 0 Å². The Morgan fingerprint density at radius 3 is 2.46 bits per heavy atom. The zero-order chi connectivity index (χ0) is 18.1. The summed E-state index contributed by atoms with van der Waals surface area (Å²) in [4.78, 5) is 24.5. The summed E-state index contributed by atoms with van der Waals surface area (Å²) in [6, 6.07) is 8.23. The van der Waals surface area contributed by atoms with Crippen molar-refractivity contribution in [2.45, 2.75) is 70.0 Å². The zero-order valence-corrected chi connectivity index (χ0v) is 15.5. The van der Waals surface area contributed by atoms with E-state index in [0.717, 1.165) is 30.5 Å². The fraction of sp³-hybridized carbons (Fsp3) is 0.619. The average Bonchev–Trinajstić information content (AvgIpc) is 3.41. The molecule has 4 rings (SSSR count). The first-order valence-electron chi connectivity index (χ1n) is 10.1. The number of nitrogens with one attached hydrogen (secondary N) is 3. The lowest BCUT2D eigenvalue weighted by molar-refractivity contribution is -0.123. The number of anilines is 1. The first-order chi connectivity index (χ1) is 12.6. The molecule has 0 aromatic heterocycles. The highest BCUT2D eigenvalue weighted by molar-refractivity contribution is 5.94. The monoisotopic (exact) mass is 355 g/mol. The second-order valence-corrected chi connectivity index (χ2v) is 8.22. The van der Waals surface area contributed by atoms with Crippen LogP contribution in [0.3, 0.4) is 0 Å². The Kier molecular flexibility index (Phi) is 4.98. The van der Waals surface area contributed by atoms with E-state index in [-0.39, 0.29) is 29.8 Å². The summed E-state index contributed by atoms with van der Waals surface area (Å²) >= 11 is 0. The summed E-state index contributed by atoms with van der Waals surface area (Å²) in [5.74, 6) is 1.10. The van der Waals surface area contributed by atoms with Crippen molar-refractivity contribution in [3.8, 4) is 0 Å². The van der Waals surface area contributed by atoms with Gasteiger partial charge in [0.2, 0.25) is 11.8 Å². The zero-order valence-electron chi connectivity index (χ0n) is 15.5. The van der Waals surface area contributed by atoms with Crippen LogP contribution in [0.1, 0.15) is 63.5 Å². The van der Waals surface area contributed by atoms with Crippen LogP contribution in [0.2, 0.25) is 0 Å². The fourth-order valence-electron chi connectivity index (χ4n) is 4.36. The molecule has 26 heavy (non-hydrogen) atoms. The highest BCUT2D eigenvalue weighted by Gasteiger charge is 2.38. The van der Waals surface area contributed by atoms with Crippen LogP contribution in [0.5, 0.6) is 0 Å². The molecule has 2 amide bonds. The van der Waals surface area contributed by atoms with Crippen LogP contribution in [0.4, 0.5) is 5.69 Å². The Morgan fingerprint density at radius 1 is 1.04 bits per heavy atom. The van der Waals surface area contributed by atoms with Gasteiger partial charge in [-0.15, -0.1) is 0 Å². The summed E-state index contributed by atoms with van der Waals surface area (Å²) in [6.45, 7) is 2.01. The highest BCUT2D eigenvalue weighted by atomic mass is 16.2. The van der Waals surface area contributed by atoms with E-state index in [2.05, 4.69) is 16.0 Å². The highest BCUT2D eigenvalue weighted by Crippen LogP contribution is 2.33. The van der Waals surface area contributed by atoms with E-state index in [0.29, 0.717) is 12.0 Å². The van der Waals surface area contributed by atoms with Gasteiger partial charge in [-0.3, -0.25) is 9.59 Å². The van der Waals surface area contributed by atoms with Crippen LogP contribution in [0, 0.1) is 11.8 Å². The molecule has 2 aliphatic carbocycles. The van der Waals surface area contributed by atoms with Gasteiger partial charge in [0.15, 0.2) is 0 Å². The van der Waals surface area contributed by atoms with Crippen molar-refractivity contribution < 1.29 is 9.59 Å². The quantitative estimate of drug-likeness (QED) is 0.760. The van der Waals surface area contributed by atoms with Crippen LogP contribution in [0.15, 0.2) is 24.3 Å². The van der Waals surface area contributed by atoms with Crippen molar-refractivity contribution in [1.29, 1.82) is 0 Å².